The molecule has 0 amide bonds. The van der Waals surface area contributed by atoms with E-state index in [1.54, 1.807) is 7.11 Å². The first kappa shape index (κ1) is 12.2. The van der Waals surface area contributed by atoms with Crippen LogP contribution in [0.3, 0.4) is 0 Å². The van der Waals surface area contributed by atoms with Crippen LogP contribution in [0.5, 0.6) is 5.88 Å². The van der Waals surface area contributed by atoms with Gasteiger partial charge in [0, 0.05) is 18.0 Å². The number of anilines is 1. The van der Waals surface area contributed by atoms with Gasteiger partial charge >= 0.3 is 0 Å². The first-order valence-electron chi connectivity index (χ1n) is 6.14. The van der Waals surface area contributed by atoms with E-state index in [4.69, 9.17) is 4.74 Å². The highest BCUT2D eigenvalue weighted by atomic mass is 16.5. The van der Waals surface area contributed by atoms with Crippen LogP contribution in [-0.4, -0.2) is 30.4 Å². The second-order valence-corrected chi connectivity index (χ2v) is 4.78. The second-order valence-electron chi connectivity index (χ2n) is 4.78. The average Bonchev–Trinajstić information content (AvgIpc) is 2.86. The molecular formula is C13H20N2O2. The number of hydrogen-bond acceptors (Lipinski definition) is 4. The van der Waals surface area contributed by atoms with E-state index in [-0.39, 0.29) is 12.0 Å². The van der Waals surface area contributed by atoms with Gasteiger partial charge in [0.2, 0.25) is 5.88 Å². The largest absolute Gasteiger partial charge is 0.481 e. The van der Waals surface area contributed by atoms with Crippen LogP contribution in [0.15, 0.2) is 18.2 Å². The zero-order valence-corrected chi connectivity index (χ0v) is 10.3. The summed E-state index contributed by atoms with van der Waals surface area (Å²) in [6.07, 6.45) is 4.63. The summed E-state index contributed by atoms with van der Waals surface area (Å²) in [7, 11) is 1.61. The Morgan fingerprint density at radius 2 is 2.18 bits per heavy atom. The number of hydrogen-bond donors (Lipinski definition) is 2. The summed E-state index contributed by atoms with van der Waals surface area (Å²) in [5, 5.41) is 12.8. The first-order chi connectivity index (χ1) is 8.28. The van der Waals surface area contributed by atoms with E-state index in [9.17, 15) is 5.11 Å². The molecule has 1 aromatic heterocycles. The number of aliphatic hydroxyl groups excluding tert-OH is 1. The summed E-state index contributed by atoms with van der Waals surface area (Å²) in [6.45, 7) is 1.04. The van der Waals surface area contributed by atoms with Crippen LogP contribution < -0.4 is 10.1 Å². The van der Waals surface area contributed by atoms with Crippen molar-refractivity contribution < 1.29 is 9.84 Å². The third kappa shape index (κ3) is 2.88. The van der Waals surface area contributed by atoms with E-state index in [0.717, 1.165) is 25.2 Å². The standard InChI is InChI=1S/C13H20N2O2/c1-17-12-6-4-5-11(15-12)14-9-13(10-16)7-2-3-8-13/h4-6,16H,2-3,7-10H2,1H3,(H,14,15). The maximum atomic E-state index is 9.51. The summed E-state index contributed by atoms with van der Waals surface area (Å²) in [5.74, 6) is 1.42. The molecule has 17 heavy (non-hydrogen) atoms. The van der Waals surface area contributed by atoms with Gasteiger partial charge in [-0.1, -0.05) is 18.9 Å². The summed E-state index contributed by atoms with van der Waals surface area (Å²) in [6, 6.07) is 5.65. The summed E-state index contributed by atoms with van der Waals surface area (Å²) >= 11 is 0. The Kier molecular flexibility index (Phi) is 3.84. The fourth-order valence-electron chi connectivity index (χ4n) is 2.42. The van der Waals surface area contributed by atoms with Gasteiger partial charge in [-0.05, 0) is 18.9 Å². The first-order valence-corrected chi connectivity index (χ1v) is 6.14. The Hall–Kier alpha value is -1.29. The van der Waals surface area contributed by atoms with Gasteiger partial charge in [0.25, 0.3) is 0 Å². The molecule has 0 bridgehead atoms. The Morgan fingerprint density at radius 3 is 2.82 bits per heavy atom. The quantitative estimate of drug-likeness (QED) is 0.821. The van der Waals surface area contributed by atoms with Crippen LogP contribution in [0.4, 0.5) is 5.82 Å². The number of pyridine rings is 1. The van der Waals surface area contributed by atoms with Crippen molar-refractivity contribution in [2.24, 2.45) is 5.41 Å². The molecule has 1 fully saturated rings. The van der Waals surface area contributed by atoms with Crippen molar-refractivity contribution in [3.63, 3.8) is 0 Å². The van der Waals surface area contributed by atoms with Crippen LogP contribution in [0.25, 0.3) is 0 Å². The number of nitrogens with one attached hydrogen (secondary N) is 1. The van der Waals surface area contributed by atoms with E-state index in [0.29, 0.717) is 5.88 Å². The molecule has 1 heterocycles. The molecule has 0 saturated heterocycles. The normalized spacial score (nSPS) is 18.0. The van der Waals surface area contributed by atoms with Crippen molar-refractivity contribution >= 4 is 5.82 Å². The van der Waals surface area contributed by atoms with E-state index in [1.807, 2.05) is 18.2 Å². The minimum absolute atomic E-state index is 0.0464. The predicted octanol–water partition coefficient (Wildman–Crippen LogP) is 2.05. The lowest BCUT2D eigenvalue weighted by atomic mass is 9.87. The van der Waals surface area contributed by atoms with Crippen molar-refractivity contribution in [2.45, 2.75) is 25.7 Å². The van der Waals surface area contributed by atoms with Crippen LogP contribution in [0.2, 0.25) is 0 Å². The second kappa shape index (κ2) is 5.36. The van der Waals surface area contributed by atoms with E-state index >= 15 is 0 Å². The molecule has 1 aliphatic carbocycles. The van der Waals surface area contributed by atoms with Crippen molar-refractivity contribution in [3.8, 4) is 5.88 Å². The molecule has 0 aromatic carbocycles. The number of methoxy groups -OCH3 is 1. The van der Waals surface area contributed by atoms with Crippen LogP contribution in [-0.2, 0) is 0 Å². The SMILES string of the molecule is COc1cccc(NCC2(CO)CCCC2)n1. The molecule has 2 rings (SSSR count). The van der Waals surface area contributed by atoms with Crippen molar-refractivity contribution in [3.05, 3.63) is 18.2 Å². The van der Waals surface area contributed by atoms with E-state index in [2.05, 4.69) is 10.3 Å². The number of ether oxygens (including phenoxy) is 1. The molecule has 0 atom stereocenters. The Morgan fingerprint density at radius 1 is 1.41 bits per heavy atom. The summed E-state index contributed by atoms with van der Waals surface area (Å²) in [4.78, 5) is 4.30. The average molecular weight is 236 g/mol. The van der Waals surface area contributed by atoms with Crippen LogP contribution in [0.1, 0.15) is 25.7 Å². The highest BCUT2D eigenvalue weighted by molar-refractivity contribution is 5.37. The molecule has 4 nitrogen and oxygen atoms in total. The summed E-state index contributed by atoms with van der Waals surface area (Å²) in [5.41, 5.74) is 0.0464. The molecular weight excluding hydrogens is 216 g/mol. The number of aromatic nitrogens is 1. The maximum absolute atomic E-state index is 9.51. The molecule has 0 unspecified atom stereocenters. The number of nitrogens with zero attached hydrogens (tertiary/aromatic N) is 1. The third-order valence-corrected chi connectivity index (χ3v) is 3.58. The summed E-state index contributed by atoms with van der Waals surface area (Å²) < 4.78 is 5.08. The van der Waals surface area contributed by atoms with Crippen molar-refractivity contribution in [2.75, 3.05) is 25.6 Å². The zero-order chi connectivity index (χ0) is 12.1. The van der Waals surface area contributed by atoms with Crippen LogP contribution in [0, 0.1) is 5.41 Å². The van der Waals surface area contributed by atoms with Gasteiger partial charge in [-0.25, -0.2) is 0 Å². The van der Waals surface area contributed by atoms with Crippen LogP contribution >= 0.6 is 0 Å². The Labute approximate surface area is 102 Å². The van der Waals surface area contributed by atoms with Crippen molar-refractivity contribution in [1.29, 1.82) is 0 Å². The molecule has 2 N–H and O–H groups in total. The van der Waals surface area contributed by atoms with Gasteiger partial charge < -0.3 is 15.2 Å². The molecule has 0 aliphatic heterocycles. The molecule has 1 aliphatic rings. The van der Waals surface area contributed by atoms with Gasteiger partial charge in [-0.15, -0.1) is 0 Å². The molecule has 1 saturated carbocycles. The lowest BCUT2D eigenvalue weighted by molar-refractivity contribution is 0.142. The fourth-order valence-corrected chi connectivity index (χ4v) is 2.42. The lowest BCUT2D eigenvalue weighted by Gasteiger charge is -2.26. The minimum atomic E-state index is 0.0464. The lowest BCUT2D eigenvalue weighted by Crippen LogP contribution is -2.30. The fraction of sp³-hybridized carbons (Fsp3) is 0.615. The highest BCUT2D eigenvalue weighted by Crippen LogP contribution is 2.37. The van der Waals surface area contributed by atoms with Gasteiger partial charge in [0.1, 0.15) is 5.82 Å². The molecule has 0 spiro atoms. The molecule has 4 heteroatoms. The minimum Gasteiger partial charge on any atom is -0.481 e. The van der Waals surface area contributed by atoms with Gasteiger partial charge in [0.15, 0.2) is 0 Å². The molecule has 0 radical (unpaired) electrons. The smallest absolute Gasteiger partial charge is 0.214 e. The van der Waals surface area contributed by atoms with E-state index in [1.165, 1.54) is 12.8 Å². The van der Waals surface area contributed by atoms with E-state index < -0.39 is 0 Å². The Balaban J connectivity index is 1.96. The zero-order valence-electron chi connectivity index (χ0n) is 10.3. The predicted molar refractivity (Wildman–Crippen MR) is 67.3 cm³/mol. The number of rotatable bonds is 5. The van der Waals surface area contributed by atoms with Gasteiger partial charge in [-0.3, -0.25) is 0 Å². The van der Waals surface area contributed by atoms with Gasteiger partial charge in [0.05, 0.1) is 13.7 Å². The Bertz CT molecular complexity index is 362. The van der Waals surface area contributed by atoms with Crippen molar-refractivity contribution in [1.82, 2.24) is 4.98 Å². The monoisotopic (exact) mass is 236 g/mol. The van der Waals surface area contributed by atoms with Gasteiger partial charge in [-0.2, -0.15) is 4.98 Å². The molecule has 1 aromatic rings. The third-order valence-electron chi connectivity index (χ3n) is 3.58. The molecule has 94 valence electrons. The topological polar surface area (TPSA) is 54.4 Å². The highest BCUT2D eigenvalue weighted by Gasteiger charge is 2.32. The number of aliphatic hydroxyl groups is 1. The maximum Gasteiger partial charge on any atom is 0.214 e.